The van der Waals surface area contributed by atoms with Gasteiger partial charge >= 0.3 is 6.18 Å². The number of carbonyl (C=O) groups is 1. The van der Waals surface area contributed by atoms with Crippen molar-refractivity contribution >= 4 is 5.91 Å². The van der Waals surface area contributed by atoms with Crippen LogP contribution in [0.2, 0.25) is 0 Å². The second kappa shape index (κ2) is 4.56. The van der Waals surface area contributed by atoms with Crippen LogP contribution in [0.4, 0.5) is 17.6 Å². The Morgan fingerprint density at radius 2 is 2.06 bits per heavy atom. The molecule has 1 aromatic carbocycles. The first kappa shape index (κ1) is 12.8. The maximum atomic E-state index is 13.0. The van der Waals surface area contributed by atoms with Crippen molar-refractivity contribution in [3.05, 3.63) is 35.6 Å². The average Bonchev–Trinajstić information content (AvgIpc) is 2.62. The van der Waals surface area contributed by atoms with E-state index in [4.69, 9.17) is 0 Å². The fraction of sp³-hybridized carbons (Fsp3) is 0.364. The molecule has 2 rings (SSSR count). The summed E-state index contributed by atoms with van der Waals surface area (Å²) in [5.74, 6) is -1.21. The van der Waals surface area contributed by atoms with Crippen molar-refractivity contribution in [1.82, 2.24) is 10.4 Å². The fourth-order valence-electron chi connectivity index (χ4n) is 1.91. The summed E-state index contributed by atoms with van der Waals surface area (Å²) in [6.45, 7) is -0.0560. The first-order valence-corrected chi connectivity index (χ1v) is 5.26. The van der Waals surface area contributed by atoms with Gasteiger partial charge in [0.25, 0.3) is 0 Å². The lowest BCUT2D eigenvalue weighted by atomic mass is 10.1. The fourth-order valence-corrected chi connectivity index (χ4v) is 1.91. The van der Waals surface area contributed by atoms with E-state index in [0.717, 1.165) is 17.1 Å². The van der Waals surface area contributed by atoms with E-state index in [-0.39, 0.29) is 18.5 Å². The van der Waals surface area contributed by atoms with Crippen LogP contribution in [-0.4, -0.2) is 23.6 Å². The van der Waals surface area contributed by atoms with Gasteiger partial charge in [0.15, 0.2) is 0 Å². The molecule has 1 fully saturated rings. The summed E-state index contributed by atoms with van der Waals surface area (Å²) in [5, 5.41) is 0.789. The monoisotopic (exact) mass is 262 g/mol. The molecule has 0 radical (unpaired) electrons. The highest BCUT2D eigenvalue weighted by molar-refractivity contribution is 5.77. The van der Waals surface area contributed by atoms with Crippen LogP contribution in [0.15, 0.2) is 24.3 Å². The summed E-state index contributed by atoms with van der Waals surface area (Å²) < 4.78 is 52.0. The summed E-state index contributed by atoms with van der Waals surface area (Å²) in [6.07, 6.45) is -4.59. The van der Waals surface area contributed by atoms with Crippen molar-refractivity contribution in [2.75, 3.05) is 6.54 Å². The molecule has 98 valence electrons. The Morgan fingerprint density at radius 1 is 1.33 bits per heavy atom. The minimum atomic E-state index is -4.59. The number of nitrogens with one attached hydrogen (secondary N) is 1. The summed E-state index contributed by atoms with van der Waals surface area (Å²) in [4.78, 5) is 11.0. The summed E-state index contributed by atoms with van der Waals surface area (Å²) in [6, 6.07) is 2.26. The Kier molecular flexibility index (Phi) is 3.25. The Bertz CT molecular complexity index is 461. The maximum absolute atomic E-state index is 13.0. The summed E-state index contributed by atoms with van der Waals surface area (Å²) in [5.41, 5.74) is 1.90. The second-order valence-corrected chi connectivity index (χ2v) is 3.98. The second-order valence-electron chi connectivity index (χ2n) is 3.98. The Balaban J connectivity index is 2.34. The van der Waals surface area contributed by atoms with E-state index in [2.05, 4.69) is 5.43 Å². The maximum Gasteiger partial charge on any atom is 0.409 e. The predicted octanol–water partition coefficient (Wildman–Crippen LogP) is 2.17. The van der Waals surface area contributed by atoms with Gasteiger partial charge in [0.1, 0.15) is 11.9 Å². The van der Waals surface area contributed by atoms with Gasteiger partial charge in [0.05, 0.1) is 0 Å². The van der Waals surface area contributed by atoms with Gasteiger partial charge in [0.2, 0.25) is 5.91 Å². The van der Waals surface area contributed by atoms with Gasteiger partial charge in [-0.05, 0) is 17.7 Å². The van der Waals surface area contributed by atoms with Crippen LogP contribution in [0.5, 0.6) is 0 Å². The Morgan fingerprint density at radius 3 is 2.56 bits per heavy atom. The molecule has 1 aromatic rings. The molecule has 18 heavy (non-hydrogen) atoms. The van der Waals surface area contributed by atoms with Crippen molar-refractivity contribution in [3.8, 4) is 0 Å². The van der Waals surface area contributed by atoms with Crippen LogP contribution in [0, 0.1) is 5.82 Å². The number of hydrogen-bond acceptors (Lipinski definition) is 2. The number of rotatable bonds is 2. The van der Waals surface area contributed by atoms with Gasteiger partial charge < -0.3 is 0 Å². The molecule has 1 unspecified atom stereocenters. The minimum Gasteiger partial charge on any atom is -0.288 e. The van der Waals surface area contributed by atoms with Gasteiger partial charge in [-0.1, -0.05) is 12.1 Å². The Labute approximate surface area is 100 Å². The molecular weight excluding hydrogens is 252 g/mol. The van der Waals surface area contributed by atoms with Crippen LogP contribution in [-0.2, 0) is 4.79 Å². The normalized spacial score (nSPS) is 18.8. The molecule has 1 aliphatic rings. The highest BCUT2D eigenvalue weighted by Crippen LogP contribution is 2.37. The molecular formula is C11H10F4N2O. The molecule has 0 aromatic heterocycles. The quantitative estimate of drug-likeness (QED) is 0.828. The van der Waals surface area contributed by atoms with Gasteiger partial charge in [-0.2, -0.15) is 13.2 Å². The van der Waals surface area contributed by atoms with Crippen molar-refractivity contribution in [2.45, 2.75) is 18.6 Å². The van der Waals surface area contributed by atoms with Crippen LogP contribution in [0.25, 0.3) is 0 Å². The topological polar surface area (TPSA) is 32.3 Å². The number of hydrazine groups is 1. The number of halogens is 4. The zero-order valence-corrected chi connectivity index (χ0v) is 9.17. The zero-order valence-electron chi connectivity index (χ0n) is 9.17. The lowest BCUT2D eigenvalue weighted by molar-refractivity contribution is -0.191. The standard InChI is InChI=1S/C11H10F4N2O/c12-8-3-1-2-7(6-8)10(11(13,14)15)17-5-4-9(18)16-17/h1-3,6,10H,4-5H2,(H,16,18). The molecule has 0 bridgehead atoms. The van der Waals surface area contributed by atoms with E-state index in [1.54, 1.807) is 0 Å². The van der Waals surface area contributed by atoms with E-state index < -0.39 is 23.9 Å². The van der Waals surface area contributed by atoms with Crippen LogP contribution in [0.3, 0.4) is 0 Å². The number of carbonyl (C=O) groups excluding carboxylic acids is 1. The molecule has 1 heterocycles. The molecule has 0 saturated carbocycles. The van der Waals surface area contributed by atoms with Crippen molar-refractivity contribution in [3.63, 3.8) is 0 Å². The van der Waals surface area contributed by atoms with Crippen molar-refractivity contribution in [1.29, 1.82) is 0 Å². The largest absolute Gasteiger partial charge is 0.409 e. The van der Waals surface area contributed by atoms with Gasteiger partial charge in [0, 0.05) is 13.0 Å². The van der Waals surface area contributed by atoms with Crippen LogP contribution >= 0.6 is 0 Å². The van der Waals surface area contributed by atoms with Gasteiger partial charge in [-0.25, -0.2) is 9.40 Å². The SMILES string of the molecule is O=C1CCN(C(c2cccc(F)c2)C(F)(F)F)N1. The lowest BCUT2D eigenvalue weighted by Gasteiger charge is -2.29. The number of hydrogen-bond donors (Lipinski definition) is 1. The van der Waals surface area contributed by atoms with Gasteiger partial charge in [-0.15, -0.1) is 0 Å². The molecule has 3 nitrogen and oxygen atoms in total. The van der Waals surface area contributed by atoms with E-state index >= 15 is 0 Å². The first-order chi connectivity index (χ1) is 8.38. The molecule has 7 heteroatoms. The zero-order chi connectivity index (χ0) is 13.3. The van der Waals surface area contributed by atoms with E-state index in [1.165, 1.54) is 12.1 Å². The summed E-state index contributed by atoms with van der Waals surface area (Å²) in [7, 11) is 0. The summed E-state index contributed by atoms with van der Waals surface area (Å²) >= 11 is 0. The molecule has 1 amide bonds. The van der Waals surface area contributed by atoms with Crippen molar-refractivity contribution < 1.29 is 22.4 Å². The number of amides is 1. The molecule has 1 N–H and O–H groups in total. The van der Waals surface area contributed by atoms with Crippen molar-refractivity contribution in [2.24, 2.45) is 0 Å². The molecule has 0 spiro atoms. The molecule has 1 saturated heterocycles. The highest BCUT2D eigenvalue weighted by atomic mass is 19.4. The third kappa shape index (κ3) is 2.61. The highest BCUT2D eigenvalue weighted by Gasteiger charge is 2.46. The number of benzene rings is 1. The minimum absolute atomic E-state index is 0.00188. The smallest absolute Gasteiger partial charge is 0.288 e. The average molecular weight is 262 g/mol. The lowest BCUT2D eigenvalue weighted by Crippen LogP contribution is -2.43. The van der Waals surface area contributed by atoms with Crippen LogP contribution in [0.1, 0.15) is 18.0 Å². The van der Waals surface area contributed by atoms with E-state index in [1.807, 2.05) is 0 Å². The first-order valence-electron chi connectivity index (χ1n) is 5.26. The Hall–Kier alpha value is -1.63. The van der Waals surface area contributed by atoms with E-state index in [9.17, 15) is 22.4 Å². The number of nitrogens with zero attached hydrogens (tertiary/aromatic N) is 1. The van der Waals surface area contributed by atoms with E-state index in [0.29, 0.717) is 0 Å². The number of alkyl halides is 3. The molecule has 0 aliphatic carbocycles. The molecule has 1 aliphatic heterocycles. The predicted molar refractivity (Wildman–Crippen MR) is 54.7 cm³/mol. The van der Waals surface area contributed by atoms with Crippen LogP contribution < -0.4 is 5.43 Å². The van der Waals surface area contributed by atoms with Gasteiger partial charge in [-0.3, -0.25) is 10.2 Å². The third-order valence-electron chi connectivity index (χ3n) is 2.63. The molecule has 1 atom stereocenters. The third-order valence-corrected chi connectivity index (χ3v) is 2.63.